The molecular weight excluding hydrogens is 407 g/mol. The molecule has 1 unspecified atom stereocenters. The second-order valence-electron chi connectivity index (χ2n) is 7.02. The smallest absolute Gasteiger partial charge is 0.243 e. The van der Waals surface area contributed by atoms with Crippen LogP contribution >= 0.6 is 0 Å². The minimum atomic E-state index is -3.76. The number of nitrogens with zero attached hydrogens (tertiary/aromatic N) is 3. The van der Waals surface area contributed by atoms with Gasteiger partial charge in [-0.3, -0.25) is 4.90 Å². The second kappa shape index (κ2) is 9.05. The van der Waals surface area contributed by atoms with Crippen LogP contribution in [0.5, 0.6) is 0 Å². The van der Waals surface area contributed by atoms with Crippen molar-refractivity contribution in [2.75, 3.05) is 32.8 Å². The van der Waals surface area contributed by atoms with Gasteiger partial charge >= 0.3 is 0 Å². The minimum absolute atomic E-state index is 0.0891. The molecule has 2 aromatic carbocycles. The lowest BCUT2D eigenvalue weighted by atomic mass is 10.0. The van der Waals surface area contributed by atoms with Gasteiger partial charge in [-0.05, 0) is 29.8 Å². The predicted molar refractivity (Wildman–Crippen MR) is 110 cm³/mol. The Morgan fingerprint density at radius 1 is 1.07 bits per heavy atom. The van der Waals surface area contributed by atoms with Gasteiger partial charge in [0.1, 0.15) is 10.7 Å². The molecule has 0 saturated carbocycles. The van der Waals surface area contributed by atoms with Gasteiger partial charge in [0.25, 0.3) is 0 Å². The summed E-state index contributed by atoms with van der Waals surface area (Å²) in [7, 11) is -3.76. The van der Waals surface area contributed by atoms with Gasteiger partial charge < -0.3 is 4.74 Å². The highest BCUT2D eigenvalue weighted by molar-refractivity contribution is 7.89. The molecule has 0 bridgehead atoms. The Bertz CT molecular complexity index is 1070. The number of nitrogens with one attached hydrogen (secondary N) is 1. The fourth-order valence-corrected chi connectivity index (χ4v) is 4.44. The summed E-state index contributed by atoms with van der Waals surface area (Å²) in [6, 6.07) is 15.2. The van der Waals surface area contributed by atoms with Crippen molar-refractivity contribution in [1.29, 1.82) is 0 Å². The summed E-state index contributed by atoms with van der Waals surface area (Å²) in [6.45, 7) is 2.67. The van der Waals surface area contributed by atoms with E-state index in [1.54, 1.807) is 12.1 Å². The Morgan fingerprint density at radius 2 is 1.77 bits per heavy atom. The second-order valence-corrected chi connectivity index (χ2v) is 8.79. The zero-order valence-corrected chi connectivity index (χ0v) is 17.1. The Morgan fingerprint density at radius 3 is 2.47 bits per heavy atom. The molecule has 1 N–H and O–H groups in total. The molecule has 1 saturated heterocycles. The first-order valence-electron chi connectivity index (χ1n) is 9.70. The summed E-state index contributed by atoms with van der Waals surface area (Å²) >= 11 is 0. The van der Waals surface area contributed by atoms with Crippen molar-refractivity contribution < 1.29 is 17.5 Å². The van der Waals surface area contributed by atoms with Crippen LogP contribution in [0.15, 0.2) is 71.9 Å². The number of benzene rings is 2. The van der Waals surface area contributed by atoms with Crippen molar-refractivity contribution in [2.24, 2.45) is 0 Å². The summed E-state index contributed by atoms with van der Waals surface area (Å²) in [5.74, 6) is -0.326. The van der Waals surface area contributed by atoms with E-state index in [2.05, 4.69) is 14.7 Å². The average Bonchev–Trinajstić information content (AvgIpc) is 3.28. The zero-order chi connectivity index (χ0) is 21.0. The van der Waals surface area contributed by atoms with Crippen LogP contribution in [0.2, 0.25) is 0 Å². The Hall–Kier alpha value is -2.59. The van der Waals surface area contributed by atoms with E-state index in [-0.39, 0.29) is 23.3 Å². The molecule has 1 aromatic heterocycles. The molecule has 0 spiro atoms. The number of rotatable bonds is 7. The normalized spacial score (nSPS) is 16.4. The Balaban J connectivity index is 1.52. The maximum Gasteiger partial charge on any atom is 0.243 e. The number of para-hydroxylation sites is 1. The maximum atomic E-state index is 13.4. The number of hydrogen-bond acceptors (Lipinski definition) is 5. The summed E-state index contributed by atoms with van der Waals surface area (Å²) in [5, 5.41) is 4.17. The van der Waals surface area contributed by atoms with Gasteiger partial charge in [-0.2, -0.15) is 5.10 Å². The van der Waals surface area contributed by atoms with E-state index in [0.29, 0.717) is 26.3 Å². The SMILES string of the molecule is O=S(=O)(NCC(c1ccc(F)cc1)N1CCOCC1)c1cnn(-c2ccccc2)c1. The van der Waals surface area contributed by atoms with Crippen LogP contribution in [0.1, 0.15) is 11.6 Å². The molecule has 0 aliphatic carbocycles. The molecule has 7 nitrogen and oxygen atoms in total. The van der Waals surface area contributed by atoms with Gasteiger partial charge in [0.15, 0.2) is 0 Å². The zero-order valence-electron chi connectivity index (χ0n) is 16.3. The van der Waals surface area contributed by atoms with Crippen LogP contribution in [0, 0.1) is 5.82 Å². The van der Waals surface area contributed by atoms with Crippen molar-refractivity contribution >= 4 is 10.0 Å². The summed E-state index contributed by atoms with van der Waals surface area (Å²) in [6.07, 6.45) is 2.82. The molecule has 1 atom stereocenters. The number of sulfonamides is 1. The largest absolute Gasteiger partial charge is 0.379 e. The molecule has 0 radical (unpaired) electrons. The molecule has 1 aliphatic rings. The summed E-state index contributed by atoms with van der Waals surface area (Å²) in [5.41, 5.74) is 1.62. The summed E-state index contributed by atoms with van der Waals surface area (Å²) < 4.78 is 48.8. The molecule has 9 heteroatoms. The topological polar surface area (TPSA) is 76.5 Å². The third kappa shape index (κ3) is 4.76. The third-order valence-corrected chi connectivity index (χ3v) is 6.48. The molecule has 0 amide bonds. The van der Waals surface area contributed by atoms with Crippen LogP contribution in [0.25, 0.3) is 5.69 Å². The molecule has 158 valence electrons. The minimum Gasteiger partial charge on any atom is -0.379 e. The number of halogens is 1. The quantitative estimate of drug-likeness (QED) is 0.623. The van der Waals surface area contributed by atoms with Gasteiger partial charge in [-0.25, -0.2) is 22.2 Å². The van der Waals surface area contributed by atoms with Crippen molar-refractivity contribution in [2.45, 2.75) is 10.9 Å². The van der Waals surface area contributed by atoms with Gasteiger partial charge in [0, 0.05) is 25.7 Å². The predicted octanol–water partition coefficient (Wildman–Crippen LogP) is 2.36. The van der Waals surface area contributed by atoms with E-state index in [1.807, 2.05) is 30.3 Å². The number of hydrogen-bond donors (Lipinski definition) is 1. The van der Waals surface area contributed by atoms with Crippen molar-refractivity contribution in [3.05, 3.63) is 78.4 Å². The van der Waals surface area contributed by atoms with Gasteiger partial charge in [-0.1, -0.05) is 30.3 Å². The molecule has 4 rings (SSSR count). The fourth-order valence-electron chi connectivity index (χ4n) is 3.47. The molecule has 3 aromatic rings. The van der Waals surface area contributed by atoms with Crippen LogP contribution < -0.4 is 4.72 Å². The molecule has 30 heavy (non-hydrogen) atoms. The Labute approximate surface area is 175 Å². The van der Waals surface area contributed by atoms with E-state index < -0.39 is 10.0 Å². The fraction of sp³-hybridized carbons (Fsp3) is 0.286. The van der Waals surface area contributed by atoms with Crippen LogP contribution in [0.4, 0.5) is 4.39 Å². The van der Waals surface area contributed by atoms with Crippen molar-refractivity contribution in [3.63, 3.8) is 0 Å². The van der Waals surface area contributed by atoms with E-state index in [4.69, 9.17) is 4.74 Å². The monoisotopic (exact) mass is 430 g/mol. The standard InChI is InChI=1S/C21H23FN4O3S/c22-18-8-6-17(7-9-18)21(25-10-12-29-13-11-25)15-24-30(27,28)20-14-23-26(16-20)19-4-2-1-3-5-19/h1-9,14,16,21,24H,10-13,15H2. The van der Waals surface area contributed by atoms with Crippen LogP contribution in [-0.2, 0) is 14.8 Å². The lowest BCUT2D eigenvalue weighted by molar-refractivity contribution is 0.0172. The van der Waals surface area contributed by atoms with Crippen LogP contribution in [0.3, 0.4) is 0 Å². The van der Waals surface area contributed by atoms with E-state index in [9.17, 15) is 12.8 Å². The highest BCUT2D eigenvalue weighted by Gasteiger charge is 2.25. The lowest BCUT2D eigenvalue weighted by Gasteiger charge is -2.34. The van der Waals surface area contributed by atoms with Crippen molar-refractivity contribution in [1.82, 2.24) is 19.4 Å². The highest BCUT2D eigenvalue weighted by Crippen LogP contribution is 2.22. The average molecular weight is 431 g/mol. The molecular formula is C21H23FN4O3S. The molecule has 1 fully saturated rings. The van der Waals surface area contributed by atoms with E-state index in [0.717, 1.165) is 11.3 Å². The van der Waals surface area contributed by atoms with Crippen molar-refractivity contribution in [3.8, 4) is 5.69 Å². The molecule has 1 aliphatic heterocycles. The van der Waals surface area contributed by atoms with Gasteiger partial charge in [0.05, 0.1) is 31.3 Å². The van der Waals surface area contributed by atoms with Gasteiger partial charge in [0.2, 0.25) is 10.0 Å². The Kier molecular flexibility index (Phi) is 6.24. The third-order valence-electron chi connectivity index (χ3n) is 5.10. The number of ether oxygens (including phenoxy) is 1. The van der Waals surface area contributed by atoms with Crippen LogP contribution in [-0.4, -0.2) is 55.9 Å². The number of morpholine rings is 1. The van der Waals surface area contributed by atoms with E-state index in [1.165, 1.54) is 29.2 Å². The molecule has 2 heterocycles. The highest BCUT2D eigenvalue weighted by atomic mass is 32.2. The maximum absolute atomic E-state index is 13.4. The first-order valence-corrected chi connectivity index (χ1v) is 11.2. The first-order chi connectivity index (χ1) is 14.5. The van der Waals surface area contributed by atoms with E-state index >= 15 is 0 Å². The number of aromatic nitrogens is 2. The lowest BCUT2D eigenvalue weighted by Crippen LogP contribution is -2.43. The summed E-state index contributed by atoms with van der Waals surface area (Å²) in [4.78, 5) is 2.23. The van der Waals surface area contributed by atoms with Gasteiger partial charge in [-0.15, -0.1) is 0 Å². The first kappa shape index (κ1) is 20.7.